The van der Waals surface area contributed by atoms with Crippen LogP contribution in [-0.4, -0.2) is 49.7 Å². The van der Waals surface area contributed by atoms with Crippen molar-refractivity contribution in [3.8, 4) is 0 Å². The highest BCUT2D eigenvalue weighted by Gasteiger charge is 1.94. The van der Waals surface area contributed by atoms with Gasteiger partial charge < -0.3 is 15.3 Å². The van der Waals surface area contributed by atoms with Gasteiger partial charge in [0.25, 0.3) is 6.47 Å². The predicted octanol–water partition coefficient (Wildman–Crippen LogP) is 0.248. The normalized spacial score (nSPS) is 9.00. The number of likely N-dealkylation sites (N-methyl/N-ethyl adjacent to an activating group) is 2. The van der Waals surface area contributed by atoms with Gasteiger partial charge in [-0.2, -0.15) is 0 Å². The molecule has 0 bridgehead atoms. The van der Waals surface area contributed by atoms with Crippen LogP contribution in [0, 0.1) is 0 Å². The quantitative estimate of drug-likeness (QED) is 0.590. The van der Waals surface area contributed by atoms with Crippen LogP contribution >= 0.6 is 0 Å². The molecule has 0 fully saturated rings. The zero-order valence-corrected chi connectivity index (χ0v) is 8.21. The molecule has 0 aromatic carbocycles. The lowest BCUT2D eigenvalue weighted by Crippen LogP contribution is -2.30. The van der Waals surface area contributed by atoms with Gasteiger partial charge in [-0.1, -0.05) is 13.8 Å². The number of hydrogen-bond donors (Lipinski definition) is 2. The predicted molar refractivity (Wildman–Crippen MR) is 50.4 cm³/mol. The van der Waals surface area contributed by atoms with Crippen LogP contribution in [0.3, 0.4) is 0 Å². The molecule has 0 saturated carbocycles. The van der Waals surface area contributed by atoms with Gasteiger partial charge in [-0.25, -0.2) is 0 Å². The SMILES string of the molecule is CCN(CC)CCNC.O=CO. The van der Waals surface area contributed by atoms with E-state index in [9.17, 15) is 0 Å². The molecule has 0 radical (unpaired) electrons. The minimum absolute atomic E-state index is 0.250. The third kappa shape index (κ3) is 12.1. The number of carbonyl (C=O) groups is 1. The van der Waals surface area contributed by atoms with Gasteiger partial charge in [0, 0.05) is 13.1 Å². The van der Waals surface area contributed by atoms with E-state index in [0.29, 0.717) is 0 Å². The standard InChI is InChI=1S/C7H18N2.CH2O2/c1-4-9(5-2)7-6-8-3;2-1-3/h8H,4-7H2,1-3H3;1H,(H,2,3). The Kier molecular flexibility index (Phi) is 15.1. The maximum atomic E-state index is 8.36. The summed E-state index contributed by atoms with van der Waals surface area (Å²) in [5.74, 6) is 0. The summed E-state index contributed by atoms with van der Waals surface area (Å²) in [4.78, 5) is 10.8. The van der Waals surface area contributed by atoms with Crippen molar-refractivity contribution < 1.29 is 9.90 Å². The Morgan fingerprint density at radius 2 is 1.83 bits per heavy atom. The molecular weight excluding hydrogens is 156 g/mol. The number of hydrogen-bond acceptors (Lipinski definition) is 3. The molecule has 0 rings (SSSR count). The Bertz CT molecular complexity index is 85.1. The average molecular weight is 176 g/mol. The molecule has 0 aromatic heterocycles. The van der Waals surface area contributed by atoms with Crippen LogP contribution in [0.5, 0.6) is 0 Å². The van der Waals surface area contributed by atoms with Crippen LogP contribution in [-0.2, 0) is 4.79 Å². The van der Waals surface area contributed by atoms with Gasteiger partial charge in [-0.05, 0) is 20.1 Å². The van der Waals surface area contributed by atoms with Crippen molar-refractivity contribution in [1.29, 1.82) is 0 Å². The minimum Gasteiger partial charge on any atom is -0.483 e. The fourth-order valence-electron chi connectivity index (χ4n) is 0.810. The Hall–Kier alpha value is -0.610. The first-order valence-electron chi connectivity index (χ1n) is 4.21. The van der Waals surface area contributed by atoms with Crippen molar-refractivity contribution in [3.63, 3.8) is 0 Å². The number of nitrogens with one attached hydrogen (secondary N) is 1. The second kappa shape index (κ2) is 13.0. The van der Waals surface area contributed by atoms with Gasteiger partial charge >= 0.3 is 0 Å². The summed E-state index contributed by atoms with van der Waals surface area (Å²) in [7, 11) is 1.99. The van der Waals surface area contributed by atoms with E-state index in [4.69, 9.17) is 9.90 Å². The molecule has 0 spiro atoms. The molecule has 74 valence electrons. The Morgan fingerprint density at radius 1 is 1.42 bits per heavy atom. The van der Waals surface area contributed by atoms with E-state index in [2.05, 4.69) is 24.1 Å². The van der Waals surface area contributed by atoms with E-state index in [1.54, 1.807) is 0 Å². The molecule has 0 heterocycles. The zero-order valence-electron chi connectivity index (χ0n) is 8.21. The van der Waals surface area contributed by atoms with Gasteiger partial charge in [0.1, 0.15) is 0 Å². The minimum atomic E-state index is -0.250. The van der Waals surface area contributed by atoms with Crippen LogP contribution in [0.1, 0.15) is 13.8 Å². The highest BCUT2D eigenvalue weighted by molar-refractivity contribution is 5.32. The molecule has 0 aliphatic rings. The van der Waals surface area contributed by atoms with Crippen molar-refractivity contribution in [1.82, 2.24) is 10.2 Å². The van der Waals surface area contributed by atoms with Crippen LogP contribution in [0.4, 0.5) is 0 Å². The lowest BCUT2D eigenvalue weighted by atomic mass is 10.5. The molecule has 4 heteroatoms. The first-order valence-corrected chi connectivity index (χ1v) is 4.21. The molecule has 0 unspecified atom stereocenters. The Balaban J connectivity index is 0. The van der Waals surface area contributed by atoms with Crippen LogP contribution in [0.2, 0.25) is 0 Å². The highest BCUT2D eigenvalue weighted by Crippen LogP contribution is 1.82. The fraction of sp³-hybridized carbons (Fsp3) is 0.875. The Morgan fingerprint density at radius 3 is 2.08 bits per heavy atom. The molecule has 0 amide bonds. The first-order chi connectivity index (χ1) is 5.76. The summed E-state index contributed by atoms with van der Waals surface area (Å²) >= 11 is 0. The smallest absolute Gasteiger partial charge is 0.290 e. The summed E-state index contributed by atoms with van der Waals surface area (Å²) < 4.78 is 0. The summed E-state index contributed by atoms with van der Waals surface area (Å²) in [5.41, 5.74) is 0. The molecule has 12 heavy (non-hydrogen) atoms. The Labute approximate surface area is 74.6 Å². The van der Waals surface area contributed by atoms with E-state index >= 15 is 0 Å². The van der Waals surface area contributed by atoms with Crippen molar-refractivity contribution in [2.45, 2.75) is 13.8 Å². The van der Waals surface area contributed by atoms with Crippen LogP contribution in [0.15, 0.2) is 0 Å². The molecule has 0 atom stereocenters. The lowest BCUT2D eigenvalue weighted by Gasteiger charge is -2.16. The van der Waals surface area contributed by atoms with E-state index in [0.717, 1.165) is 19.6 Å². The maximum Gasteiger partial charge on any atom is 0.290 e. The summed E-state index contributed by atoms with van der Waals surface area (Å²) in [5, 5.41) is 10.0. The number of nitrogens with zero attached hydrogens (tertiary/aromatic N) is 1. The van der Waals surface area contributed by atoms with E-state index in [1.807, 2.05) is 7.05 Å². The average Bonchev–Trinajstić information content (AvgIpc) is 2.08. The fourth-order valence-corrected chi connectivity index (χ4v) is 0.810. The molecule has 0 saturated heterocycles. The summed E-state index contributed by atoms with van der Waals surface area (Å²) in [6.45, 7) is 8.74. The second-order valence-electron chi connectivity index (χ2n) is 2.24. The van der Waals surface area contributed by atoms with Crippen molar-refractivity contribution in [2.75, 3.05) is 33.2 Å². The van der Waals surface area contributed by atoms with Gasteiger partial charge in [0.15, 0.2) is 0 Å². The summed E-state index contributed by atoms with van der Waals surface area (Å²) in [6, 6.07) is 0. The largest absolute Gasteiger partial charge is 0.483 e. The lowest BCUT2D eigenvalue weighted by molar-refractivity contribution is -0.122. The molecule has 2 N–H and O–H groups in total. The topological polar surface area (TPSA) is 52.6 Å². The number of rotatable bonds is 5. The number of carboxylic acid groups (broad SMARTS) is 1. The highest BCUT2D eigenvalue weighted by atomic mass is 16.3. The van der Waals surface area contributed by atoms with Gasteiger partial charge in [-0.3, -0.25) is 4.79 Å². The van der Waals surface area contributed by atoms with Crippen LogP contribution in [0.25, 0.3) is 0 Å². The monoisotopic (exact) mass is 176 g/mol. The van der Waals surface area contributed by atoms with Gasteiger partial charge in [0.05, 0.1) is 0 Å². The second-order valence-corrected chi connectivity index (χ2v) is 2.24. The van der Waals surface area contributed by atoms with E-state index in [-0.39, 0.29) is 6.47 Å². The van der Waals surface area contributed by atoms with Gasteiger partial charge in [-0.15, -0.1) is 0 Å². The van der Waals surface area contributed by atoms with E-state index in [1.165, 1.54) is 6.54 Å². The zero-order chi connectivity index (χ0) is 9.82. The first kappa shape index (κ1) is 13.9. The maximum absolute atomic E-state index is 8.36. The third-order valence-electron chi connectivity index (χ3n) is 1.57. The third-order valence-corrected chi connectivity index (χ3v) is 1.57. The molecular formula is C8H20N2O2. The molecule has 0 aromatic rings. The van der Waals surface area contributed by atoms with Crippen molar-refractivity contribution >= 4 is 6.47 Å². The van der Waals surface area contributed by atoms with Crippen molar-refractivity contribution in [3.05, 3.63) is 0 Å². The van der Waals surface area contributed by atoms with Gasteiger partial charge in [0.2, 0.25) is 0 Å². The molecule has 0 aliphatic heterocycles. The van der Waals surface area contributed by atoms with Crippen LogP contribution < -0.4 is 5.32 Å². The van der Waals surface area contributed by atoms with E-state index < -0.39 is 0 Å². The van der Waals surface area contributed by atoms with Crippen molar-refractivity contribution in [2.24, 2.45) is 0 Å². The summed E-state index contributed by atoms with van der Waals surface area (Å²) in [6.07, 6.45) is 0. The molecule has 4 nitrogen and oxygen atoms in total. The molecule has 0 aliphatic carbocycles.